The standard InChI is InChI=1S/C29H34F3N5O6/c1-41-28-23(12-18-11-22(43-34-18)15-5-7-36(8-6-15)29(40)16-3-2-4-16)42-24(14-38)27(39)26(28)37-13-21(33-35-37)17-9-19(30)25(32)20(31)10-17/h9-11,13,15-16,23-24,26-28,38-39H,2-8,12,14H2,1H3/t23-,24-,26+,27+,28+/m1/s1. The first-order chi connectivity index (χ1) is 20.8. The minimum absolute atomic E-state index is 0.0400. The molecule has 0 radical (unpaired) electrons. The largest absolute Gasteiger partial charge is 0.394 e. The van der Waals surface area contributed by atoms with Crippen LogP contribution < -0.4 is 0 Å². The van der Waals surface area contributed by atoms with Gasteiger partial charge >= 0.3 is 0 Å². The molecule has 1 saturated carbocycles. The highest BCUT2D eigenvalue weighted by Gasteiger charge is 2.47. The molecule has 5 atom stereocenters. The van der Waals surface area contributed by atoms with Gasteiger partial charge in [0.1, 0.15) is 35.8 Å². The van der Waals surface area contributed by atoms with Crippen LogP contribution in [0, 0.1) is 23.4 Å². The Bertz CT molecular complexity index is 1420. The van der Waals surface area contributed by atoms with Gasteiger partial charge in [0.05, 0.1) is 24.6 Å². The number of ether oxygens (including phenoxy) is 2. The summed E-state index contributed by atoms with van der Waals surface area (Å²) in [6.45, 7) is 0.869. The summed E-state index contributed by atoms with van der Waals surface area (Å²) in [5.41, 5.74) is 0.602. The van der Waals surface area contributed by atoms with E-state index in [0.29, 0.717) is 18.8 Å². The molecule has 2 saturated heterocycles. The van der Waals surface area contributed by atoms with Crippen molar-refractivity contribution in [1.82, 2.24) is 25.1 Å². The normalized spacial score (nSPS) is 26.9. The molecule has 2 aliphatic heterocycles. The number of rotatable bonds is 8. The number of aliphatic hydroxyl groups is 2. The van der Waals surface area contributed by atoms with Crippen molar-refractivity contribution in [2.75, 3.05) is 26.8 Å². The van der Waals surface area contributed by atoms with Crippen LogP contribution in [0.5, 0.6) is 0 Å². The van der Waals surface area contributed by atoms with Crippen molar-refractivity contribution in [2.45, 2.75) is 74.9 Å². The molecular weight excluding hydrogens is 571 g/mol. The Morgan fingerprint density at radius 1 is 1.09 bits per heavy atom. The topological polar surface area (TPSA) is 136 Å². The predicted molar refractivity (Wildman–Crippen MR) is 143 cm³/mol. The number of carbonyl (C=O) groups excluding carboxylic acids is 1. The van der Waals surface area contributed by atoms with Crippen LogP contribution in [0.3, 0.4) is 0 Å². The molecule has 1 amide bonds. The zero-order valence-corrected chi connectivity index (χ0v) is 23.6. The summed E-state index contributed by atoms with van der Waals surface area (Å²) in [5, 5.41) is 33.3. The highest BCUT2D eigenvalue weighted by molar-refractivity contribution is 5.79. The van der Waals surface area contributed by atoms with Crippen LogP contribution in [0.15, 0.2) is 28.9 Å². The van der Waals surface area contributed by atoms with Gasteiger partial charge in [-0.25, -0.2) is 17.9 Å². The number of likely N-dealkylation sites (tertiary alicyclic amines) is 1. The molecule has 1 aromatic carbocycles. The quantitative estimate of drug-likeness (QED) is 0.372. The second-order valence-corrected chi connectivity index (χ2v) is 11.6. The zero-order chi connectivity index (χ0) is 30.2. The van der Waals surface area contributed by atoms with Crippen molar-refractivity contribution in [1.29, 1.82) is 0 Å². The minimum Gasteiger partial charge on any atom is -0.394 e. The molecule has 3 aromatic rings. The van der Waals surface area contributed by atoms with Gasteiger partial charge in [-0.05, 0) is 37.8 Å². The Hall–Kier alpha value is -3.33. The molecule has 43 heavy (non-hydrogen) atoms. The van der Waals surface area contributed by atoms with E-state index in [0.717, 1.165) is 50.0 Å². The number of halogens is 3. The number of methoxy groups -OCH3 is 1. The molecular formula is C29H34F3N5O6. The third-order valence-electron chi connectivity index (χ3n) is 8.98. The van der Waals surface area contributed by atoms with Crippen molar-refractivity contribution in [3.05, 3.63) is 53.3 Å². The summed E-state index contributed by atoms with van der Waals surface area (Å²) in [4.78, 5) is 14.6. The minimum atomic E-state index is -1.59. The second-order valence-electron chi connectivity index (χ2n) is 11.6. The number of benzene rings is 1. The third-order valence-corrected chi connectivity index (χ3v) is 8.98. The molecule has 14 heteroatoms. The van der Waals surface area contributed by atoms with Gasteiger partial charge in [0, 0.05) is 50.1 Å². The fraction of sp³-hybridized carbons (Fsp3) is 0.586. The Labute approximate surface area is 245 Å². The maximum absolute atomic E-state index is 13.8. The van der Waals surface area contributed by atoms with E-state index in [1.165, 1.54) is 18.0 Å². The van der Waals surface area contributed by atoms with E-state index in [-0.39, 0.29) is 35.4 Å². The first-order valence-electron chi connectivity index (χ1n) is 14.6. The maximum Gasteiger partial charge on any atom is 0.225 e. The van der Waals surface area contributed by atoms with E-state index >= 15 is 0 Å². The lowest BCUT2D eigenvalue weighted by Gasteiger charge is -2.43. The highest BCUT2D eigenvalue weighted by atomic mass is 19.2. The molecule has 6 rings (SSSR count). The number of carbonyl (C=O) groups is 1. The Balaban J connectivity index is 1.16. The second kappa shape index (κ2) is 12.3. The van der Waals surface area contributed by atoms with Crippen LogP contribution in [0.1, 0.15) is 55.5 Å². The first-order valence-corrected chi connectivity index (χ1v) is 14.6. The van der Waals surface area contributed by atoms with Crippen LogP contribution in [0.4, 0.5) is 13.2 Å². The first kappa shape index (κ1) is 29.7. The summed E-state index contributed by atoms with van der Waals surface area (Å²) in [6.07, 6.45) is 2.49. The molecule has 11 nitrogen and oxygen atoms in total. The van der Waals surface area contributed by atoms with Gasteiger partial charge in [-0.2, -0.15) is 0 Å². The summed E-state index contributed by atoms with van der Waals surface area (Å²) < 4.78 is 59.9. The fourth-order valence-corrected chi connectivity index (χ4v) is 6.31. The van der Waals surface area contributed by atoms with E-state index in [1.807, 2.05) is 11.0 Å². The number of aliphatic hydroxyl groups excluding tert-OH is 2. The number of hydrogen-bond acceptors (Lipinski definition) is 9. The molecule has 4 heterocycles. The summed E-state index contributed by atoms with van der Waals surface area (Å²) in [7, 11) is 1.44. The van der Waals surface area contributed by atoms with Crippen molar-refractivity contribution >= 4 is 5.91 Å². The van der Waals surface area contributed by atoms with Crippen molar-refractivity contribution in [3.8, 4) is 11.3 Å². The van der Waals surface area contributed by atoms with Crippen LogP contribution in [0.2, 0.25) is 0 Å². The highest BCUT2D eigenvalue weighted by Crippen LogP contribution is 2.36. The van der Waals surface area contributed by atoms with Crippen molar-refractivity contribution < 1.29 is 42.2 Å². The van der Waals surface area contributed by atoms with Crippen LogP contribution >= 0.6 is 0 Å². The zero-order valence-electron chi connectivity index (χ0n) is 23.6. The molecule has 2 aromatic heterocycles. The molecule has 1 aliphatic carbocycles. The lowest BCUT2D eigenvalue weighted by molar-refractivity contribution is -0.212. The summed E-state index contributed by atoms with van der Waals surface area (Å²) >= 11 is 0. The number of nitrogens with zero attached hydrogens (tertiary/aromatic N) is 5. The van der Waals surface area contributed by atoms with E-state index in [2.05, 4.69) is 15.5 Å². The van der Waals surface area contributed by atoms with Gasteiger partial charge in [0.25, 0.3) is 0 Å². The summed E-state index contributed by atoms with van der Waals surface area (Å²) in [6, 6.07) is 2.57. The van der Waals surface area contributed by atoms with Crippen LogP contribution in [-0.2, 0) is 20.7 Å². The van der Waals surface area contributed by atoms with Crippen molar-refractivity contribution in [2.24, 2.45) is 5.92 Å². The van der Waals surface area contributed by atoms with Gasteiger partial charge in [0.2, 0.25) is 5.91 Å². The Morgan fingerprint density at radius 2 is 1.81 bits per heavy atom. The molecule has 0 spiro atoms. The van der Waals surface area contributed by atoms with Gasteiger partial charge in [0.15, 0.2) is 17.5 Å². The maximum atomic E-state index is 13.8. The molecule has 2 N–H and O–H groups in total. The molecule has 0 unspecified atom stereocenters. The van der Waals surface area contributed by atoms with Crippen molar-refractivity contribution in [3.63, 3.8) is 0 Å². The van der Waals surface area contributed by atoms with Crippen LogP contribution in [-0.4, -0.2) is 92.4 Å². The smallest absolute Gasteiger partial charge is 0.225 e. The van der Waals surface area contributed by atoms with Gasteiger partial charge < -0.3 is 29.1 Å². The van der Waals surface area contributed by atoms with E-state index in [1.54, 1.807) is 0 Å². The van der Waals surface area contributed by atoms with E-state index in [4.69, 9.17) is 14.0 Å². The molecule has 232 valence electrons. The lowest BCUT2D eigenvalue weighted by Crippen LogP contribution is -2.57. The molecule has 3 fully saturated rings. The van der Waals surface area contributed by atoms with Crippen LogP contribution in [0.25, 0.3) is 11.3 Å². The number of amides is 1. The molecule has 3 aliphatic rings. The molecule has 0 bridgehead atoms. The average molecular weight is 606 g/mol. The fourth-order valence-electron chi connectivity index (χ4n) is 6.31. The van der Waals surface area contributed by atoms with Gasteiger partial charge in [-0.15, -0.1) is 5.10 Å². The average Bonchev–Trinajstić information content (AvgIpc) is 3.65. The predicted octanol–water partition coefficient (Wildman–Crippen LogP) is 2.78. The van der Waals surface area contributed by atoms with E-state index < -0.39 is 54.5 Å². The van der Waals surface area contributed by atoms with E-state index in [9.17, 15) is 28.2 Å². The lowest BCUT2D eigenvalue weighted by atomic mass is 9.83. The monoisotopic (exact) mass is 605 g/mol. The third kappa shape index (κ3) is 5.80. The SMILES string of the molecule is CO[C@@H]1[C@@H](n2cc(-c3cc(F)c(F)c(F)c3)nn2)[C@@H](O)[C@@H](CO)O[C@@H]1Cc1cc(C2CCN(C(=O)C3CCC3)CC2)on1. The number of hydrogen-bond donors (Lipinski definition) is 2. The summed E-state index contributed by atoms with van der Waals surface area (Å²) in [5.74, 6) is -3.03. The Morgan fingerprint density at radius 3 is 2.44 bits per heavy atom. The van der Waals surface area contributed by atoms with Gasteiger partial charge in [-0.3, -0.25) is 4.79 Å². The Kier molecular flexibility index (Phi) is 8.54. The number of piperidine rings is 1. The van der Waals surface area contributed by atoms with Gasteiger partial charge in [-0.1, -0.05) is 16.8 Å². The number of aromatic nitrogens is 4.